The third-order valence-corrected chi connectivity index (χ3v) is 6.13. The van der Waals surface area contributed by atoms with Crippen molar-refractivity contribution in [3.63, 3.8) is 0 Å². The third kappa shape index (κ3) is 3.81. The van der Waals surface area contributed by atoms with E-state index >= 15 is 0 Å². The number of amides is 1. The van der Waals surface area contributed by atoms with Crippen LogP contribution in [0.4, 0.5) is 0 Å². The Morgan fingerprint density at radius 1 is 1.26 bits per heavy atom. The average Bonchev–Trinajstić information content (AvgIpc) is 2.68. The van der Waals surface area contributed by atoms with Gasteiger partial charge in [0.1, 0.15) is 11.3 Å². The molecule has 1 spiro atoms. The van der Waals surface area contributed by atoms with Gasteiger partial charge in [0, 0.05) is 19.0 Å². The van der Waals surface area contributed by atoms with Crippen LogP contribution in [0.1, 0.15) is 53.3 Å². The van der Waals surface area contributed by atoms with E-state index in [9.17, 15) is 9.59 Å². The lowest BCUT2D eigenvalue weighted by atomic mass is 9.90. The normalized spacial score (nSPS) is 25.5. The van der Waals surface area contributed by atoms with Crippen molar-refractivity contribution in [2.24, 2.45) is 0 Å². The molecule has 1 aromatic rings. The topological polar surface area (TPSA) is 83.8 Å². The highest BCUT2D eigenvalue weighted by Gasteiger charge is 2.40. The minimum Gasteiger partial charge on any atom is -0.427 e. The molecule has 3 aliphatic heterocycles. The standard InChI is InChI=1S/C20H29N3O4/c1-14-11-16(15-3-2-6-22-12-15)27-19(25)17(14)18(24)23-9-10-26-20(13-23)4-7-21-8-5-20/h11,15,21-22H,2-10,12-13H2,1H3. The second-order valence-electron chi connectivity index (χ2n) is 8.05. The number of piperidine rings is 2. The number of nitrogens with zero attached hydrogens (tertiary/aromatic N) is 1. The Kier molecular flexibility index (Phi) is 5.34. The SMILES string of the molecule is Cc1cc(C2CCCNC2)oc(=O)c1C(=O)N1CCOC2(CCNCC2)C1. The number of carbonyl (C=O) groups is 1. The smallest absolute Gasteiger partial charge is 0.349 e. The molecule has 2 N–H and O–H groups in total. The van der Waals surface area contributed by atoms with Crippen LogP contribution in [0.3, 0.4) is 0 Å². The Morgan fingerprint density at radius 2 is 2.07 bits per heavy atom. The van der Waals surface area contributed by atoms with E-state index in [1.54, 1.807) is 4.90 Å². The lowest BCUT2D eigenvalue weighted by molar-refractivity contribution is -0.114. The van der Waals surface area contributed by atoms with Crippen molar-refractivity contribution in [1.29, 1.82) is 0 Å². The van der Waals surface area contributed by atoms with E-state index in [1.165, 1.54) is 0 Å². The Morgan fingerprint density at radius 3 is 2.78 bits per heavy atom. The quantitative estimate of drug-likeness (QED) is 0.803. The maximum absolute atomic E-state index is 13.1. The Labute approximate surface area is 159 Å². The molecule has 27 heavy (non-hydrogen) atoms. The molecule has 4 heterocycles. The second-order valence-corrected chi connectivity index (χ2v) is 8.05. The van der Waals surface area contributed by atoms with E-state index in [-0.39, 0.29) is 23.0 Å². The van der Waals surface area contributed by atoms with Crippen LogP contribution in [0, 0.1) is 6.92 Å². The lowest BCUT2D eigenvalue weighted by Gasteiger charge is -2.45. The number of hydrogen-bond donors (Lipinski definition) is 2. The van der Waals surface area contributed by atoms with Crippen molar-refractivity contribution < 1.29 is 13.9 Å². The number of morpholine rings is 1. The molecule has 1 unspecified atom stereocenters. The molecule has 0 aromatic carbocycles. The fourth-order valence-electron chi connectivity index (χ4n) is 4.55. The van der Waals surface area contributed by atoms with Gasteiger partial charge in [-0.2, -0.15) is 0 Å². The van der Waals surface area contributed by atoms with Crippen LogP contribution in [0.15, 0.2) is 15.3 Å². The summed E-state index contributed by atoms with van der Waals surface area (Å²) in [4.78, 5) is 27.6. The monoisotopic (exact) mass is 375 g/mol. The van der Waals surface area contributed by atoms with Crippen LogP contribution in [0.25, 0.3) is 0 Å². The van der Waals surface area contributed by atoms with E-state index in [2.05, 4.69) is 10.6 Å². The molecule has 0 bridgehead atoms. The molecule has 1 amide bonds. The average molecular weight is 375 g/mol. The molecule has 0 aliphatic carbocycles. The fourth-order valence-corrected chi connectivity index (χ4v) is 4.55. The van der Waals surface area contributed by atoms with E-state index in [0.29, 0.717) is 31.0 Å². The number of aryl methyl sites for hydroxylation is 1. The number of nitrogens with one attached hydrogen (secondary N) is 2. The Bertz CT molecular complexity index is 743. The number of hydrogen-bond acceptors (Lipinski definition) is 6. The molecule has 1 atom stereocenters. The van der Waals surface area contributed by atoms with Crippen LogP contribution >= 0.6 is 0 Å². The maximum Gasteiger partial charge on any atom is 0.349 e. The van der Waals surface area contributed by atoms with Crippen molar-refractivity contribution in [3.05, 3.63) is 33.4 Å². The zero-order valence-corrected chi connectivity index (χ0v) is 16.0. The first-order valence-electron chi connectivity index (χ1n) is 10.1. The molecule has 7 nitrogen and oxygen atoms in total. The summed E-state index contributed by atoms with van der Waals surface area (Å²) >= 11 is 0. The van der Waals surface area contributed by atoms with Gasteiger partial charge in [0.2, 0.25) is 0 Å². The lowest BCUT2D eigenvalue weighted by Crippen LogP contribution is -2.57. The zero-order chi connectivity index (χ0) is 18.9. The largest absolute Gasteiger partial charge is 0.427 e. The van der Waals surface area contributed by atoms with Gasteiger partial charge in [-0.3, -0.25) is 4.79 Å². The minimum atomic E-state index is -0.508. The summed E-state index contributed by atoms with van der Waals surface area (Å²) in [5, 5.41) is 6.67. The molecular formula is C20H29N3O4. The highest BCUT2D eigenvalue weighted by Crippen LogP contribution is 2.29. The van der Waals surface area contributed by atoms with Gasteiger partial charge in [0.25, 0.3) is 5.91 Å². The van der Waals surface area contributed by atoms with Gasteiger partial charge in [-0.1, -0.05) is 0 Å². The van der Waals surface area contributed by atoms with Gasteiger partial charge in [-0.15, -0.1) is 0 Å². The van der Waals surface area contributed by atoms with Crippen molar-refractivity contribution in [3.8, 4) is 0 Å². The van der Waals surface area contributed by atoms with Gasteiger partial charge in [-0.05, 0) is 63.9 Å². The fraction of sp³-hybridized carbons (Fsp3) is 0.700. The Hall–Kier alpha value is -1.70. The summed E-state index contributed by atoms with van der Waals surface area (Å²) in [5.41, 5.74) is 0.101. The van der Waals surface area contributed by atoms with Crippen molar-refractivity contribution in [2.45, 2.75) is 44.1 Å². The van der Waals surface area contributed by atoms with Crippen LogP contribution < -0.4 is 16.3 Å². The van der Waals surface area contributed by atoms with Gasteiger partial charge < -0.3 is 24.7 Å². The predicted molar refractivity (Wildman–Crippen MR) is 101 cm³/mol. The Balaban J connectivity index is 1.55. The number of rotatable bonds is 2. The van der Waals surface area contributed by atoms with E-state index in [1.807, 2.05) is 13.0 Å². The molecular weight excluding hydrogens is 346 g/mol. The van der Waals surface area contributed by atoms with Crippen molar-refractivity contribution in [1.82, 2.24) is 15.5 Å². The summed E-state index contributed by atoms with van der Waals surface area (Å²) in [6.45, 7) is 7.02. The third-order valence-electron chi connectivity index (χ3n) is 6.13. The highest BCUT2D eigenvalue weighted by molar-refractivity contribution is 5.95. The van der Waals surface area contributed by atoms with Gasteiger partial charge >= 0.3 is 5.63 Å². The van der Waals surface area contributed by atoms with Crippen LogP contribution in [0.2, 0.25) is 0 Å². The minimum absolute atomic E-state index is 0.175. The van der Waals surface area contributed by atoms with Gasteiger partial charge in [0.05, 0.1) is 18.8 Å². The molecule has 4 rings (SSSR count). The molecule has 7 heteroatoms. The predicted octanol–water partition coefficient (Wildman–Crippen LogP) is 1.01. The molecule has 3 fully saturated rings. The number of carbonyl (C=O) groups excluding carboxylic acids is 1. The molecule has 3 saturated heterocycles. The highest BCUT2D eigenvalue weighted by atomic mass is 16.5. The molecule has 1 aromatic heterocycles. The van der Waals surface area contributed by atoms with Crippen molar-refractivity contribution in [2.75, 3.05) is 45.9 Å². The van der Waals surface area contributed by atoms with Crippen LogP contribution in [-0.4, -0.2) is 62.3 Å². The molecule has 0 saturated carbocycles. The molecule has 0 radical (unpaired) electrons. The van der Waals surface area contributed by atoms with E-state index in [0.717, 1.165) is 51.9 Å². The number of ether oxygens (including phenoxy) is 1. The maximum atomic E-state index is 13.1. The van der Waals surface area contributed by atoms with Crippen LogP contribution in [-0.2, 0) is 4.74 Å². The van der Waals surface area contributed by atoms with E-state index < -0.39 is 5.63 Å². The second kappa shape index (κ2) is 7.73. The first kappa shape index (κ1) is 18.7. The van der Waals surface area contributed by atoms with E-state index in [4.69, 9.17) is 9.15 Å². The first-order valence-corrected chi connectivity index (χ1v) is 10.1. The first-order chi connectivity index (χ1) is 13.1. The molecule has 148 valence electrons. The van der Waals surface area contributed by atoms with Crippen molar-refractivity contribution >= 4 is 5.91 Å². The summed E-state index contributed by atoms with van der Waals surface area (Å²) < 4.78 is 11.6. The van der Waals surface area contributed by atoms with Gasteiger partial charge in [0.15, 0.2) is 0 Å². The molecule has 3 aliphatic rings. The van der Waals surface area contributed by atoms with Gasteiger partial charge in [-0.25, -0.2) is 4.79 Å². The summed E-state index contributed by atoms with van der Waals surface area (Å²) in [5.74, 6) is 0.671. The zero-order valence-electron chi connectivity index (χ0n) is 16.0. The van der Waals surface area contributed by atoms with Crippen LogP contribution in [0.5, 0.6) is 0 Å². The summed E-state index contributed by atoms with van der Waals surface area (Å²) in [6, 6.07) is 1.88. The summed E-state index contributed by atoms with van der Waals surface area (Å²) in [6.07, 6.45) is 3.84. The summed E-state index contributed by atoms with van der Waals surface area (Å²) in [7, 11) is 0.